The lowest BCUT2D eigenvalue weighted by Gasteiger charge is -2.19. The van der Waals surface area contributed by atoms with Gasteiger partial charge in [-0.05, 0) is 42.3 Å². The van der Waals surface area contributed by atoms with Crippen molar-refractivity contribution in [3.8, 4) is 11.5 Å². The number of carboxylic acid groups (broad SMARTS) is 1. The first-order valence-electron chi connectivity index (χ1n) is 7.10. The molecule has 126 valence electrons. The second-order valence-corrected chi connectivity index (χ2v) is 5.24. The Balaban J connectivity index is 2.39. The number of phenolic OH excluding ortho intramolecular Hbond substituents is 1. The molecule has 2 aromatic carbocycles. The quantitative estimate of drug-likeness (QED) is 0.643. The van der Waals surface area contributed by atoms with Gasteiger partial charge >= 0.3 is 5.97 Å². The zero-order chi connectivity index (χ0) is 17.9. The average molecular weight is 330 g/mol. The summed E-state index contributed by atoms with van der Waals surface area (Å²) in [5.41, 5.74) is 7.08. The molecule has 0 aliphatic rings. The minimum Gasteiger partial charge on any atom is -0.504 e. The first kappa shape index (κ1) is 17.1. The fourth-order valence-electron chi connectivity index (χ4n) is 2.26. The molecule has 0 aromatic heterocycles. The Labute approximate surface area is 138 Å². The molecular weight excluding hydrogens is 312 g/mol. The molecule has 0 radical (unpaired) electrons. The number of phenols is 1. The monoisotopic (exact) mass is 330 g/mol. The van der Waals surface area contributed by atoms with E-state index in [-0.39, 0.29) is 17.1 Å². The number of nitrogens with two attached hydrogens (primary N) is 1. The minimum absolute atomic E-state index is 0.161. The highest BCUT2D eigenvalue weighted by molar-refractivity contribution is 5.94. The zero-order valence-electron chi connectivity index (χ0n) is 13.2. The number of carboxylic acids is 1. The normalized spacial score (nSPS) is 11.6. The van der Waals surface area contributed by atoms with Crippen LogP contribution in [0.4, 0.5) is 5.69 Å². The second kappa shape index (κ2) is 6.91. The maximum absolute atomic E-state index is 11.6. The lowest BCUT2D eigenvalue weighted by molar-refractivity contribution is -0.138. The van der Waals surface area contributed by atoms with Crippen LogP contribution in [-0.4, -0.2) is 29.2 Å². The third kappa shape index (κ3) is 3.57. The molecule has 1 amide bonds. The van der Waals surface area contributed by atoms with Crippen molar-refractivity contribution in [2.24, 2.45) is 5.73 Å². The van der Waals surface area contributed by atoms with Crippen molar-refractivity contribution in [2.75, 3.05) is 12.4 Å². The largest absolute Gasteiger partial charge is 0.504 e. The van der Waals surface area contributed by atoms with Gasteiger partial charge < -0.3 is 26.0 Å². The van der Waals surface area contributed by atoms with Gasteiger partial charge in [0.2, 0.25) is 5.91 Å². The van der Waals surface area contributed by atoms with Gasteiger partial charge in [-0.25, -0.2) is 4.79 Å². The molecule has 0 aliphatic heterocycles. The van der Waals surface area contributed by atoms with Crippen LogP contribution in [0.15, 0.2) is 36.4 Å². The maximum atomic E-state index is 11.6. The van der Waals surface area contributed by atoms with Crippen LogP contribution in [0, 0.1) is 6.92 Å². The van der Waals surface area contributed by atoms with Crippen LogP contribution in [0.3, 0.4) is 0 Å². The fraction of sp³-hybridized carbons (Fsp3) is 0.176. The van der Waals surface area contributed by atoms with E-state index in [1.165, 1.54) is 31.4 Å². The summed E-state index contributed by atoms with van der Waals surface area (Å²) in [4.78, 5) is 22.9. The van der Waals surface area contributed by atoms with Crippen molar-refractivity contribution in [1.82, 2.24) is 0 Å². The van der Waals surface area contributed by atoms with Crippen LogP contribution >= 0.6 is 0 Å². The molecule has 1 atom stereocenters. The minimum atomic E-state index is -1.14. The van der Waals surface area contributed by atoms with Crippen LogP contribution in [-0.2, 0) is 4.79 Å². The van der Waals surface area contributed by atoms with E-state index in [4.69, 9.17) is 10.5 Å². The number of rotatable bonds is 6. The van der Waals surface area contributed by atoms with Gasteiger partial charge in [0, 0.05) is 11.3 Å². The molecule has 2 rings (SSSR count). The van der Waals surface area contributed by atoms with Gasteiger partial charge in [-0.1, -0.05) is 12.1 Å². The number of primary amides is 1. The summed E-state index contributed by atoms with van der Waals surface area (Å²) in [6.07, 6.45) is 0. The van der Waals surface area contributed by atoms with Gasteiger partial charge in [0.25, 0.3) is 0 Å². The summed E-state index contributed by atoms with van der Waals surface area (Å²) in [6, 6.07) is 7.95. The number of aliphatic carboxylic acids is 1. The highest BCUT2D eigenvalue weighted by atomic mass is 16.5. The third-order valence-corrected chi connectivity index (χ3v) is 3.61. The van der Waals surface area contributed by atoms with E-state index < -0.39 is 17.9 Å². The number of methoxy groups -OCH3 is 1. The highest BCUT2D eigenvalue weighted by Crippen LogP contribution is 2.31. The predicted octanol–water partition coefficient (Wildman–Crippen LogP) is 2.05. The summed E-state index contributed by atoms with van der Waals surface area (Å²) >= 11 is 0. The Morgan fingerprint density at radius 3 is 2.46 bits per heavy atom. The van der Waals surface area contributed by atoms with Gasteiger partial charge in [-0.2, -0.15) is 0 Å². The number of carbonyl (C=O) groups is 2. The summed E-state index contributed by atoms with van der Waals surface area (Å²) in [5.74, 6) is -1.66. The molecule has 0 bridgehead atoms. The summed E-state index contributed by atoms with van der Waals surface area (Å²) in [5, 5.41) is 22.2. The number of hydrogen-bond donors (Lipinski definition) is 4. The molecule has 0 fully saturated rings. The molecular formula is C17H18N2O5. The maximum Gasteiger partial charge on any atom is 0.330 e. The summed E-state index contributed by atoms with van der Waals surface area (Å²) in [7, 11) is 1.40. The van der Waals surface area contributed by atoms with Crippen LogP contribution in [0.2, 0.25) is 0 Å². The second-order valence-electron chi connectivity index (χ2n) is 5.24. The average Bonchev–Trinajstić information content (AvgIpc) is 2.53. The molecule has 0 saturated carbocycles. The van der Waals surface area contributed by atoms with E-state index in [1.807, 2.05) is 0 Å². The van der Waals surface area contributed by atoms with E-state index in [0.717, 1.165) is 5.56 Å². The third-order valence-electron chi connectivity index (χ3n) is 3.61. The lowest BCUT2D eigenvalue weighted by atomic mass is 10.0. The molecule has 0 aliphatic carbocycles. The van der Waals surface area contributed by atoms with Crippen LogP contribution in [0.5, 0.6) is 11.5 Å². The van der Waals surface area contributed by atoms with Gasteiger partial charge in [-0.15, -0.1) is 0 Å². The molecule has 24 heavy (non-hydrogen) atoms. The summed E-state index contributed by atoms with van der Waals surface area (Å²) in [6.45, 7) is 1.78. The topological polar surface area (TPSA) is 122 Å². The number of amides is 1. The van der Waals surface area contributed by atoms with Crippen molar-refractivity contribution < 1.29 is 24.5 Å². The van der Waals surface area contributed by atoms with Crippen molar-refractivity contribution in [2.45, 2.75) is 13.0 Å². The van der Waals surface area contributed by atoms with E-state index in [0.29, 0.717) is 11.3 Å². The Bertz CT molecular complexity index is 789. The highest BCUT2D eigenvalue weighted by Gasteiger charge is 2.22. The SMILES string of the molecule is COc1ccc(C(Nc2cc(C(N)=O)ccc2C)C(=O)O)cc1O. The number of aryl methyl sites for hydroxylation is 1. The van der Waals surface area contributed by atoms with Crippen LogP contribution in [0.1, 0.15) is 27.5 Å². The molecule has 0 heterocycles. The Morgan fingerprint density at radius 2 is 1.92 bits per heavy atom. The first-order chi connectivity index (χ1) is 11.3. The van der Waals surface area contributed by atoms with E-state index in [2.05, 4.69) is 5.32 Å². The number of aromatic hydroxyl groups is 1. The smallest absolute Gasteiger partial charge is 0.330 e. The Morgan fingerprint density at radius 1 is 1.21 bits per heavy atom. The lowest BCUT2D eigenvalue weighted by Crippen LogP contribution is -2.21. The van der Waals surface area contributed by atoms with Gasteiger partial charge in [0.15, 0.2) is 17.5 Å². The number of nitrogens with one attached hydrogen (secondary N) is 1. The zero-order valence-corrected chi connectivity index (χ0v) is 13.2. The number of hydrogen-bond acceptors (Lipinski definition) is 5. The van der Waals surface area contributed by atoms with Crippen molar-refractivity contribution >= 4 is 17.6 Å². The number of anilines is 1. The molecule has 0 spiro atoms. The van der Waals surface area contributed by atoms with Crippen molar-refractivity contribution in [1.29, 1.82) is 0 Å². The summed E-state index contributed by atoms with van der Waals surface area (Å²) < 4.78 is 4.95. The molecule has 1 unspecified atom stereocenters. The van der Waals surface area contributed by atoms with Gasteiger partial charge in [-0.3, -0.25) is 4.79 Å². The molecule has 2 aromatic rings. The van der Waals surface area contributed by atoms with E-state index >= 15 is 0 Å². The van der Waals surface area contributed by atoms with E-state index in [1.54, 1.807) is 19.1 Å². The first-order valence-corrected chi connectivity index (χ1v) is 7.10. The number of carbonyl (C=O) groups excluding carboxylic acids is 1. The van der Waals surface area contributed by atoms with Gasteiger partial charge in [0.1, 0.15) is 0 Å². The molecule has 5 N–H and O–H groups in total. The molecule has 7 heteroatoms. The van der Waals surface area contributed by atoms with Crippen molar-refractivity contribution in [3.63, 3.8) is 0 Å². The molecule has 0 saturated heterocycles. The van der Waals surface area contributed by atoms with Gasteiger partial charge in [0.05, 0.1) is 7.11 Å². The molecule has 7 nitrogen and oxygen atoms in total. The fourth-order valence-corrected chi connectivity index (χ4v) is 2.26. The number of ether oxygens (including phenoxy) is 1. The number of benzene rings is 2. The standard InChI is InChI=1S/C17H18N2O5/c1-9-3-4-11(16(18)21)7-12(9)19-15(17(22)23)10-5-6-14(24-2)13(20)8-10/h3-8,15,19-20H,1-2H3,(H2,18,21)(H,22,23). The van der Waals surface area contributed by atoms with Crippen LogP contribution < -0.4 is 15.8 Å². The predicted molar refractivity (Wildman–Crippen MR) is 88.4 cm³/mol. The Hall–Kier alpha value is -3.22. The van der Waals surface area contributed by atoms with Crippen molar-refractivity contribution in [3.05, 3.63) is 53.1 Å². The van der Waals surface area contributed by atoms with E-state index in [9.17, 15) is 19.8 Å². The van der Waals surface area contributed by atoms with Crippen LogP contribution in [0.25, 0.3) is 0 Å². The Kier molecular flexibility index (Phi) is 4.93.